The molecule has 0 radical (unpaired) electrons. The molecule has 6 heteroatoms. The fourth-order valence-electron chi connectivity index (χ4n) is 1.93. The van der Waals surface area contributed by atoms with Crippen molar-refractivity contribution in [1.82, 2.24) is 10.0 Å². The van der Waals surface area contributed by atoms with E-state index in [2.05, 4.69) is 23.9 Å². The first-order chi connectivity index (χ1) is 9.86. The molecule has 1 rings (SSSR count). The molecule has 2 N–H and O–H groups in total. The van der Waals surface area contributed by atoms with E-state index < -0.39 is 15.8 Å². The van der Waals surface area contributed by atoms with Crippen molar-refractivity contribution in [2.24, 2.45) is 5.92 Å². The van der Waals surface area contributed by atoms with Gasteiger partial charge in [0, 0.05) is 13.1 Å². The molecule has 0 unspecified atom stereocenters. The minimum atomic E-state index is -3.79. The van der Waals surface area contributed by atoms with Gasteiger partial charge < -0.3 is 5.32 Å². The van der Waals surface area contributed by atoms with Crippen LogP contribution in [0.5, 0.6) is 0 Å². The van der Waals surface area contributed by atoms with Gasteiger partial charge in [-0.15, -0.1) is 0 Å². The highest BCUT2D eigenvalue weighted by atomic mass is 32.2. The van der Waals surface area contributed by atoms with Crippen molar-refractivity contribution >= 4 is 10.0 Å². The Morgan fingerprint density at radius 2 is 2.00 bits per heavy atom. The van der Waals surface area contributed by atoms with Gasteiger partial charge in [-0.3, -0.25) is 0 Å². The Labute approximate surface area is 127 Å². The zero-order valence-corrected chi connectivity index (χ0v) is 13.8. The maximum atomic E-state index is 13.8. The molecule has 1 aromatic rings. The van der Waals surface area contributed by atoms with E-state index in [1.54, 1.807) is 6.07 Å². The SMILES string of the molecule is CCNCc1ccc(F)c(S(=O)(=O)NCCCC(C)C)c1. The molecular weight excluding hydrogens is 291 g/mol. The van der Waals surface area contributed by atoms with Gasteiger partial charge in [0.1, 0.15) is 10.7 Å². The maximum absolute atomic E-state index is 13.8. The van der Waals surface area contributed by atoms with Crippen LogP contribution in [-0.4, -0.2) is 21.5 Å². The third-order valence-corrected chi connectivity index (χ3v) is 4.59. The number of halogens is 1. The summed E-state index contributed by atoms with van der Waals surface area (Å²) >= 11 is 0. The molecule has 0 fully saturated rings. The van der Waals surface area contributed by atoms with E-state index in [1.807, 2.05) is 6.92 Å². The second kappa shape index (κ2) is 8.46. The van der Waals surface area contributed by atoms with Gasteiger partial charge in [-0.1, -0.05) is 26.8 Å². The predicted molar refractivity (Wildman–Crippen MR) is 83.0 cm³/mol. The maximum Gasteiger partial charge on any atom is 0.243 e. The van der Waals surface area contributed by atoms with Crippen LogP contribution in [0, 0.1) is 11.7 Å². The van der Waals surface area contributed by atoms with Gasteiger partial charge in [-0.05, 0) is 43.0 Å². The summed E-state index contributed by atoms with van der Waals surface area (Å²) < 4.78 is 40.6. The third kappa shape index (κ3) is 6.11. The van der Waals surface area contributed by atoms with E-state index in [9.17, 15) is 12.8 Å². The molecule has 0 saturated carbocycles. The van der Waals surface area contributed by atoms with Crippen molar-refractivity contribution in [2.45, 2.75) is 45.1 Å². The molecule has 0 aliphatic rings. The fraction of sp³-hybridized carbons (Fsp3) is 0.600. The van der Waals surface area contributed by atoms with E-state index in [0.29, 0.717) is 19.0 Å². The third-order valence-electron chi connectivity index (χ3n) is 3.11. The number of rotatable bonds is 9. The van der Waals surface area contributed by atoms with Crippen LogP contribution < -0.4 is 10.0 Å². The largest absolute Gasteiger partial charge is 0.313 e. The minimum absolute atomic E-state index is 0.276. The number of sulfonamides is 1. The molecule has 0 aliphatic carbocycles. The Hall–Kier alpha value is -0.980. The molecule has 0 saturated heterocycles. The second-order valence-electron chi connectivity index (χ2n) is 5.48. The van der Waals surface area contributed by atoms with Crippen molar-refractivity contribution in [3.05, 3.63) is 29.6 Å². The average molecular weight is 316 g/mol. The molecule has 4 nitrogen and oxygen atoms in total. The molecule has 0 aromatic heterocycles. The first-order valence-electron chi connectivity index (χ1n) is 7.35. The first-order valence-corrected chi connectivity index (χ1v) is 8.84. The molecule has 0 bridgehead atoms. The molecule has 0 amide bonds. The number of benzene rings is 1. The average Bonchev–Trinajstić information content (AvgIpc) is 2.42. The standard InChI is InChI=1S/C15H25FN2O2S/c1-4-17-11-13-7-8-14(16)15(10-13)21(19,20)18-9-5-6-12(2)3/h7-8,10,12,17-18H,4-6,9,11H2,1-3H3. The minimum Gasteiger partial charge on any atom is -0.313 e. The summed E-state index contributed by atoms with van der Waals surface area (Å²) in [4.78, 5) is -0.276. The summed E-state index contributed by atoms with van der Waals surface area (Å²) in [6.07, 6.45) is 1.68. The normalized spacial score (nSPS) is 12.0. The lowest BCUT2D eigenvalue weighted by molar-refractivity contribution is 0.533. The topological polar surface area (TPSA) is 58.2 Å². The summed E-state index contributed by atoms with van der Waals surface area (Å²) in [5.41, 5.74) is 0.751. The Morgan fingerprint density at radius 3 is 2.62 bits per heavy atom. The van der Waals surface area contributed by atoms with Gasteiger partial charge in [0.05, 0.1) is 0 Å². The van der Waals surface area contributed by atoms with E-state index in [4.69, 9.17) is 0 Å². The zero-order chi connectivity index (χ0) is 15.9. The van der Waals surface area contributed by atoms with Crippen LogP contribution >= 0.6 is 0 Å². The summed E-state index contributed by atoms with van der Waals surface area (Å²) in [6, 6.07) is 4.19. The summed E-state index contributed by atoms with van der Waals surface area (Å²) in [5, 5.41) is 3.09. The molecule has 0 atom stereocenters. The van der Waals surface area contributed by atoms with Gasteiger partial charge in [0.2, 0.25) is 10.0 Å². The lowest BCUT2D eigenvalue weighted by Crippen LogP contribution is -2.26. The van der Waals surface area contributed by atoms with Crippen molar-refractivity contribution in [2.75, 3.05) is 13.1 Å². The van der Waals surface area contributed by atoms with Gasteiger partial charge in [0.25, 0.3) is 0 Å². The van der Waals surface area contributed by atoms with E-state index in [0.717, 1.165) is 24.9 Å². The van der Waals surface area contributed by atoms with Crippen LogP contribution in [0.3, 0.4) is 0 Å². The van der Waals surface area contributed by atoms with Crippen LogP contribution in [0.15, 0.2) is 23.1 Å². The highest BCUT2D eigenvalue weighted by Crippen LogP contribution is 2.16. The van der Waals surface area contributed by atoms with Crippen molar-refractivity contribution < 1.29 is 12.8 Å². The Morgan fingerprint density at radius 1 is 1.29 bits per heavy atom. The van der Waals surface area contributed by atoms with E-state index >= 15 is 0 Å². The van der Waals surface area contributed by atoms with E-state index in [1.165, 1.54) is 12.1 Å². The van der Waals surface area contributed by atoms with Gasteiger partial charge >= 0.3 is 0 Å². The smallest absolute Gasteiger partial charge is 0.243 e. The van der Waals surface area contributed by atoms with Crippen LogP contribution in [0.25, 0.3) is 0 Å². The number of nitrogens with one attached hydrogen (secondary N) is 2. The lowest BCUT2D eigenvalue weighted by Gasteiger charge is -2.10. The summed E-state index contributed by atoms with van der Waals surface area (Å²) in [5.74, 6) is -0.193. The van der Waals surface area contributed by atoms with Crippen LogP contribution in [0.2, 0.25) is 0 Å². The molecule has 0 heterocycles. The van der Waals surface area contributed by atoms with E-state index in [-0.39, 0.29) is 4.90 Å². The van der Waals surface area contributed by atoms with Crippen molar-refractivity contribution in [3.8, 4) is 0 Å². The monoisotopic (exact) mass is 316 g/mol. The Balaban J connectivity index is 2.76. The Bertz CT molecular complexity index is 545. The van der Waals surface area contributed by atoms with Crippen LogP contribution in [0.4, 0.5) is 4.39 Å². The highest BCUT2D eigenvalue weighted by Gasteiger charge is 2.19. The summed E-state index contributed by atoms with van der Waals surface area (Å²) in [7, 11) is -3.79. The van der Waals surface area contributed by atoms with Gasteiger partial charge in [-0.25, -0.2) is 17.5 Å². The molecule has 0 spiro atoms. The quantitative estimate of drug-likeness (QED) is 0.689. The number of hydrogen-bond acceptors (Lipinski definition) is 3. The van der Waals surface area contributed by atoms with Crippen LogP contribution in [0.1, 0.15) is 39.2 Å². The van der Waals surface area contributed by atoms with Gasteiger partial charge in [-0.2, -0.15) is 0 Å². The Kier molecular flexibility index (Phi) is 7.28. The lowest BCUT2D eigenvalue weighted by atomic mass is 10.1. The van der Waals surface area contributed by atoms with Gasteiger partial charge in [0.15, 0.2) is 0 Å². The molecule has 21 heavy (non-hydrogen) atoms. The van der Waals surface area contributed by atoms with Crippen molar-refractivity contribution in [3.63, 3.8) is 0 Å². The fourth-order valence-corrected chi connectivity index (χ4v) is 3.13. The summed E-state index contributed by atoms with van der Waals surface area (Å²) in [6.45, 7) is 7.74. The zero-order valence-electron chi connectivity index (χ0n) is 12.9. The van der Waals surface area contributed by atoms with Crippen LogP contribution in [-0.2, 0) is 16.6 Å². The highest BCUT2D eigenvalue weighted by molar-refractivity contribution is 7.89. The molecule has 0 aliphatic heterocycles. The number of hydrogen-bond donors (Lipinski definition) is 2. The molecule has 1 aromatic carbocycles. The first kappa shape index (κ1) is 18.1. The molecule has 120 valence electrons. The second-order valence-corrected chi connectivity index (χ2v) is 7.21. The molecular formula is C15H25FN2O2S. The predicted octanol–water partition coefficient (Wildman–Crippen LogP) is 2.65. The van der Waals surface area contributed by atoms with Crippen molar-refractivity contribution in [1.29, 1.82) is 0 Å².